The molecule has 78 heavy (non-hydrogen) atoms. The molecule has 4 aliphatic rings. The fourth-order valence-corrected chi connectivity index (χ4v) is 14.8. The Bertz CT molecular complexity index is 2060. The quantitative estimate of drug-likeness (QED) is 0.0383. The van der Waals surface area contributed by atoms with Crippen LogP contribution in [0.4, 0.5) is 0 Å². The van der Waals surface area contributed by atoms with Crippen molar-refractivity contribution in [2.24, 2.45) is 46.8 Å². The van der Waals surface area contributed by atoms with Gasteiger partial charge in [-0.1, -0.05) is 176 Å². The zero-order valence-electron chi connectivity index (χ0n) is 53.2. The third-order valence-electron chi connectivity index (χ3n) is 20.2. The van der Waals surface area contributed by atoms with E-state index >= 15 is 0 Å². The van der Waals surface area contributed by atoms with Crippen molar-refractivity contribution in [2.75, 3.05) is 19.6 Å². The molecule has 1 aromatic rings. The van der Waals surface area contributed by atoms with Gasteiger partial charge in [-0.3, -0.25) is 9.59 Å². The number of esters is 2. The molecule has 6 nitrogen and oxygen atoms in total. The molecule has 1 aliphatic heterocycles. The summed E-state index contributed by atoms with van der Waals surface area (Å²) in [6, 6.07) is 0. The average molecular weight is 1080 g/mol. The van der Waals surface area contributed by atoms with E-state index in [-0.39, 0.29) is 23.6 Å². The molecule has 6 heteroatoms. The Balaban J connectivity index is 0.967. The standard InChI is InChI=1S/C72H121NO5/c1-15-16-48-73(49-21-17-19-36-67(74)76-63-41-38-56(8)62(51-63)40-39-61-35-27-46-72(14)65(42-43-66(61)72)57(9)34-24-29-53(4)5)50-22-18-20-37-68(75)77-69-58(10)59(11)70-64(60(69)12)44-47-71(13,78-70)45-26-33-55(7)32-25-31-54(6)30-23-28-52(2)3/h39-40,52-55,57,63,65-66H,8,15-38,41-51H2,1-7,9-14H3/b61-39+,62-40-. The minimum atomic E-state index is -0.155. The van der Waals surface area contributed by atoms with Crippen LogP contribution in [0.1, 0.15) is 291 Å². The lowest BCUT2D eigenvalue weighted by atomic mass is 9.60. The molecule has 0 bridgehead atoms. The van der Waals surface area contributed by atoms with Crippen molar-refractivity contribution in [1.82, 2.24) is 4.90 Å². The predicted molar refractivity (Wildman–Crippen MR) is 332 cm³/mol. The summed E-state index contributed by atoms with van der Waals surface area (Å²) in [5, 5.41) is 0. The van der Waals surface area contributed by atoms with Crippen LogP contribution >= 0.6 is 0 Å². The van der Waals surface area contributed by atoms with Gasteiger partial charge in [0.1, 0.15) is 23.2 Å². The van der Waals surface area contributed by atoms with E-state index in [0.717, 1.165) is 160 Å². The van der Waals surface area contributed by atoms with Gasteiger partial charge in [0.25, 0.3) is 0 Å². The lowest BCUT2D eigenvalue weighted by molar-refractivity contribution is -0.149. The van der Waals surface area contributed by atoms with E-state index in [1.165, 1.54) is 132 Å². The van der Waals surface area contributed by atoms with E-state index in [2.05, 4.69) is 114 Å². The summed E-state index contributed by atoms with van der Waals surface area (Å²) in [5.41, 5.74) is 8.88. The van der Waals surface area contributed by atoms with Crippen molar-refractivity contribution < 1.29 is 23.8 Å². The van der Waals surface area contributed by atoms with Gasteiger partial charge in [0.2, 0.25) is 0 Å². The van der Waals surface area contributed by atoms with Gasteiger partial charge >= 0.3 is 11.9 Å². The number of carbonyl (C=O) groups is 2. The molecule has 0 radical (unpaired) electrons. The maximum absolute atomic E-state index is 13.3. The lowest BCUT2D eigenvalue weighted by Gasteiger charge is -2.44. The molecule has 8 atom stereocenters. The van der Waals surface area contributed by atoms with Crippen LogP contribution in [0.5, 0.6) is 11.5 Å². The second kappa shape index (κ2) is 33.3. The molecular weight excluding hydrogens is 959 g/mol. The van der Waals surface area contributed by atoms with Crippen LogP contribution in [0.25, 0.3) is 0 Å². The molecule has 5 rings (SSSR count). The third-order valence-corrected chi connectivity index (χ3v) is 20.2. The molecule has 0 aromatic heterocycles. The fraction of sp³-hybridized carbons (Fsp3) is 0.806. The first-order valence-electron chi connectivity index (χ1n) is 33.2. The van der Waals surface area contributed by atoms with Gasteiger partial charge in [0.15, 0.2) is 0 Å². The van der Waals surface area contributed by atoms with Crippen LogP contribution in [0, 0.1) is 67.6 Å². The number of allylic oxidation sites excluding steroid dienone is 4. The van der Waals surface area contributed by atoms with Gasteiger partial charge in [0.05, 0.1) is 0 Å². The first-order chi connectivity index (χ1) is 37.2. The number of carbonyl (C=O) groups excluding carboxylic acids is 2. The molecule has 1 heterocycles. The number of ether oxygens (including phenoxy) is 3. The Morgan fingerprint density at radius 2 is 1.28 bits per heavy atom. The van der Waals surface area contributed by atoms with E-state index in [0.29, 0.717) is 24.2 Å². The Hall–Kier alpha value is -2.86. The number of hydrogen-bond donors (Lipinski definition) is 0. The topological polar surface area (TPSA) is 65.1 Å². The van der Waals surface area contributed by atoms with Gasteiger partial charge in [-0.15, -0.1) is 0 Å². The van der Waals surface area contributed by atoms with Crippen molar-refractivity contribution in [3.63, 3.8) is 0 Å². The SMILES string of the molecule is C=C1CCC(OC(=O)CCCCCN(CCCC)CCCCCC(=O)Oc2c(C)c(C)c3c(c2C)CCC(C)(CCCC(C)CCCC(C)CCCC(C)C)O3)C/C1=C/C=C1\CCCC2(C)C1CCC2C(C)CCCC(C)C. The molecule has 0 N–H and O–H groups in total. The summed E-state index contributed by atoms with van der Waals surface area (Å²) in [7, 11) is 0. The molecule has 444 valence electrons. The van der Waals surface area contributed by atoms with Crippen LogP contribution in [-0.2, 0) is 20.7 Å². The zero-order chi connectivity index (χ0) is 56.8. The summed E-state index contributed by atoms with van der Waals surface area (Å²) in [6.07, 6.45) is 41.0. The second-order valence-electron chi connectivity index (χ2n) is 28.0. The van der Waals surface area contributed by atoms with Crippen LogP contribution in [0.3, 0.4) is 0 Å². The lowest BCUT2D eigenvalue weighted by Crippen LogP contribution is -2.37. The van der Waals surface area contributed by atoms with E-state index in [9.17, 15) is 9.59 Å². The minimum Gasteiger partial charge on any atom is -0.487 e. The molecule has 3 fully saturated rings. The Morgan fingerprint density at radius 3 is 1.94 bits per heavy atom. The van der Waals surface area contributed by atoms with Crippen molar-refractivity contribution in [3.05, 3.63) is 57.7 Å². The fourth-order valence-electron chi connectivity index (χ4n) is 14.8. The second-order valence-corrected chi connectivity index (χ2v) is 28.0. The number of fused-ring (bicyclic) bond motifs is 2. The molecule has 3 saturated carbocycles. The molecular formula is C72H121NO5. The highest BCUT2D eigenvalue weighted by Crippen LogP contribution is 2.60. The number of unbranched alkanes of at least 4 members (excludes halogenated alkanes) is 5. The van der Waals surface area contributed by atoms with Crippen LogP contribution in [0.2, 0.25) is 0 Å². The van der Waals surface area contributed by atoms with E-state index < -0.39 is 0 Å². The first kappa shape index (κ1) is 65.9. The largest absolute Gasteiger partial charge is 0.487 e. The molecule has 8 unspecified atom stereocenters. The minimum absolute atomic E-state index is 0.0395. The van der Waals surface area contributed by atoms with Crippen molar-refractivity contribution >= 4 is 11.9 Å². The van der Waals surface area contributed by atoms with Crippen LogP contribution in [-0.4, -0.2) is 48.2 Å². The van der Waals surface area contributed by atoms with Gasteiger partial charge in [-0.25, -0.2) is 0 Å². The average Bonchev–Trinajstić information content (AvgIpc) is 3.86. The number of benzene rings is 1. The maximum Gasteiger partial charge on any atom is 0.311 e. The van der Waals surface area contributed by atoms with Crippen molar-refractivity contribution in [2.45, 2.75) is 307 Å². The smallest absolute Gasteiger partial charge is 0.311 e. The molecule has 0 amide bonds. The zero-order valence-corrected chi connectivity index (χ0v) is 53.2. The van der Waals surface area contributed by atoms with Gasteiger partial charge in [-0.05, 0) is 219 Å². The monoisotopic (exact) mass is 1080 g/mol. The van der Waals surface area contributed by atoms with Crippen molar-refractivity contribution in [3.8, 4) is 11.5 Å². The highest BCUT2D eigenvalue weighted by Gasteiger charge is 2.50. The third kappa shape index (κ3) is 20.8. The number of hydrogen-bond acceptors (Lipinski definition) is 6. The highest BCUT2D eigenvalue weighted by atomic mass is 16.5. The summed E-state index contributed by atoms with van der Waals surface area (Å²) >= 11 is 0. The summed E-state index contributed by atoms with van der Waals surface area (Å²) in [4.78, 5) is 29.1. The van der Waals surface area contributed by atoms with E-state index in [1.54, 1.807) is 5.57 Å². The van der Waals surface area contributed by atoms with Gasteiger partial charge in [-0.2, -0.15) is 0 Å². The highest BCUT2D eigenvalue weighted by molar-refractivity contribution is 5.74. The molecule has 0 saturated heterocycles. The molecule has 3 aliphatic carbocycles. The molecule has 1 aromatic carbocycles. The van der Waals surface area contributed by atoms with Gasteiger partial charge < -0.3 is 19.1 Å². The Kier molecular flexibility index (Phi) is 28.2. The van der Waals surface area contributed by atoms with Gasteiger partial charge in [0, 0.05) is 24.8 Å². The number of nitrogens with zero attached hydrogens (tertiary/aromatic N) is 1. The van der Waals surface area contributed by atoms with E-state index in [4.69, 9.17) is 14.2 Å². The number of rotatable bonds is 35. The first-order valence-corrected chi connectivity index (χ1v) is 33.2. The van der Waals surface area contributed by atoms with Crippen molar-refractivity contribution in [1.29, 1.82) is 0 Å². The maximum atomic E-state index is 13.3. The summed E-state index contributed by atoms with van der Waals surface area (Å²) in [5.74, 6) is 7.21. The Morgan fingerprint density at radius 1 is 0.667 bits per heavy atom. The summed E-state index contributed by atoms with van der Waals surface area (Å²) < 4.78 is 19.2. The normalized spacial score (nSPS) is 24.7. The molecule has 0 spiro atoms. The Labute approximate surface area is 481 Å². The van der Waals surface area contributed by atoms with Crippen LogP contribution in [0.15, 0.2) is 35.5 Å². The predicted octanol–water partition coefficient (Wildman–Crippen LogP) is 20.4. The van der Waals surface area contributed by atoms with Crippen LogP contribution < -0.4 is 9.47 Å². The summed E-state index contributed by atoms with van der Waals surface area (Å²) in [6.45, 7) is 38.1. The van der Waals surface area contributed by atoms with E-state index in [1.807, 2.05) is 0 Å².